The Morgan fingerprint density at radius 2 is 1.68 bits per heavy atom. The predicted octanol–water partition coefficient (Wildman–Crippen LogP) is 3.53. The van der Waals surface area contributed by atoms with E-state index in [4.69, 9.17) is 22.1 Å². The molecule has 0 atom stereocenters. The van der Waals surface area contributed by atoms with Crippen LogP contribution in [-0.4, -0.2) is 35.1 Å². The molecule has 164 valence electrons. The van der Waals surface area contributed by atoms with E-state index in [9.17, 15) is 14.4 Å². The maximum atomic E-state index is 12.4. The van der Waals surface area contributed by atoms with E-state index in [1.54, 1.807) is 24.3 Å². The predicted molar refractivity (Wildman–Crippen MR) is 123 cm³/mol. The monoisotopic (exact) mass is 443 g/mol. The zero-order chi connectivity index (χ0) is 23.2. The average Bonchev–Trinajstić information content (AvgIpc) is 2.67. The first kappa shape index (κ1) is 23.8. The van der Waals surface area contributed by atoms with Crippen molar-refractivity contribution in [2.45, 2.75) is 32.6 Å². The first-order valence-electron chi connectivity index (χ1n) is 9.42. The first-order valence-corrected chi connectivity index (χ1v) is 9.83. The van der Waals surface area contributed by atoms with Gasteiger partial charge in [0.25, 0.3) is 5.91 Å². The lowest BCUT2D eigenvalue weighted by atomic mass is 9.87. The summed E-state index contributed by atoms with van der Waals surface area (Å²) in [4.78, 5) is 34.7. The highest BCUT2D eigenvalue weighted by Gasteiger charge is 2.15. The lowest BCUT2D eigenvalue weighted by molar-refractivity contribution is -0.139. The molecule has 0 saturated heterocycles. The maximum absolute atomic E-state index is 12.4. The van der Waals surface area contributed by atoms with Crippen molar-refractivity contribution in [3.63, 3.8) is 0 Å². The minimum Gasteiger partial charge on any atom is -0.494 e. The zero-order valence-electron chi connectivity index (χ0n) is 17.7. The summed E-state index contributed by atoms with van der Waals surface area (Å²) in [5.74, 6) is -1.95. The molecule has 0 aliphatic heterocycles. The van der Waals surface area contributed by atoms with E-state index in [2.05, 4.69) is 36.7 Å². The molecule has 4 N–H and O–H groups in total. The summed E-state index contributed by atoms with van der Waals surface area (Å²) in [5, 5.41) is 16.7. The fourth-order valence-corrected chi connectivity index (χ4v) is 2.87. The third kappa shape index (κ3) is 7.07. The van der Waals surface area contributed by atoms with Crippen LogP contribution in [-0.2, 0) is 15.0 Å². The van der Waals surface area contributed by atoms with Gasteiger partial charge in [-0.3, -0.25) is 19.7 Å². The molecule has 0 radical (unpaired) electrons. The topological polar surface area (TPSA) is 117 Å². The van der Waals surface area contributed by atoms with Gasteiger partial charge in [-0.05, 0) is 47.5 Å². The van der Waals surface area contributed by atoms with Gasteiger partial charge < -0.3 is 20.5 Å². The van der Waals surface area contributed by atoms with Gasteiger partial charge in [-0.2, -0.15) is 0 Å². The second kappa shape index (κ2) is 10.0. The van der Waals surface area contributed by atoms with Crippen LogP contribution in [0.1, 0.15) is 43.1 Å². The van der Waals surface area contributed by atoms with Gasteiger partial charge in [-0.1, -0.05) is 32.9 Å². The van der Waals surface area contributed by atoms with Gasteiger partial charge in [-0.25, -0.2) is 0 Å². The summed E-state index contributed by atoms with van der Waals surface area (Å²) in [7, 11) is 1.41. The van der Waals surface area contributed by atoms with Crippen LogP contribution in [0.3, 0.4) is 0 Å². The van der Waals surface area contributed by atoms with Crippen LogP contribution < -0.4 is 20.7 Å². The Bertz CT molecular complexity index is 997. The van der Waals surface area contributed by atoms with Crippen LogP contribution >= 0.6 is 12.2 Å². The number of benzene rings is 2. The van der Waals surface area contributed by atoms with Gasteiger partial charge in [-0.15, -0.1) is 0 Å². The van der Waals surface area contributed by atoms with Gasteiger partial charge in [0.1, 0.15) is 12.2 Å². The molecule has 0 fully saturated rings. The molecule has 31 heavy (non-hydrogen) atoms. The number of nitrogens with one attached hydrogen (secondary N) is 3. The molecule has 2 aromatic rings. The average molecular weight is 444 g/mol. The first-order chi connectivity index (χ1) is 14.5. The highest BCUT2D eigenvalue weighted by atomic mass is 32.1. The third-order valence-electron chi connectivity index (χ3n) is 4.29. The van der Waals surface area contributed by atoms with Gasteiger partial charge in [0.2, 0.25) is 5.91 Å². The number of methoxy groups -OCH3 is 1. The molecule has 0 aromatic heterocycles. The fourth-order valence-electron chi connectivity index (χ4n) is 2.66. The molecule has 2 amide bonds. The normalized spacial score (nSPS) is 10.7. The van der Waals surface area contributed by atoms with E-state index in [0.29, 0.717) is 22.7 Å². The number of carbonyl (C=O) groups is 3. The Balaban J connectivity index is 2.02. The van der Waals surface area contributed by atoms with Crippen LogP contribution in [0.25, 0.3) is 0 Å². The highest BCUT2D eigenvalue weighted by Crippen LogP contribution is 2.28. The summed E-state index contributed by atoms with van der Waals surface area (Å²) >= 11 is 5.21. The Hall–Kier alpha value is -3.46. The van der Waals surface area contributed by atoms with Crippen LogP contribution in [0.5, 0.6) is 5.75 Å². The Morgan fingerprint density at radius 3 is 2.23 bits per heavy atom. The molecular weight excluding hydrogens is 418 g/mol. The summed E-state index contributed by atoms with van der Waals surface area (Å²) in [5.41, 5.74) is 2.41. The Kier molecular flexibility index (Phi) is 7.71. The number of anilines is 2. The quantitative estimate of drug-likeness (QED) is 0.399. The van der Waals surface area contributed by atoms with E-state index in [1.165, 1.54) is 13.2 Å². The van der Waals surface area contributed by atoms with Crippen molar-refractivity contribution in [1.29, 1.82) is 0 Å². The Morgan fingerprint density at radius 1 is 1.03 bits per heavy atom. The number of ether oxygens (including phenoxy) is 1. The van der Waals surface area contributed by atoms with Crippen molar-refractivity contribution in [1.82, 2.24) is 5.32 Å². The minimum atomic E-state index is -1.23. The number of amides is 2. The van der Waals surface area contributed by atoms with Crippen molar-refractivity contribution in [3.8, 4) is 5.75 Å². The molecule has 0 heterocycles. The van der Waals surface area contributed by atoms with E-state index in [-0.39, 0.29) is 16.4 Å². The summed E-state index contributed by atoms with van der Waals surface area (Å²) < 4.78 is 5.23. The van der Waals surface area contributed by atoms with Crippen molar-refractivity contribution in [2.75, 3.05) is 17.7 Å². The van der Waals surface area contributed by atoms with Crippen molar-refractivity contribution in [2.24, 2.45) is 0 Å². The largest absolute Gasteiger partial charge is 0.494 e. The maximum Gasteiger partial charge on any atom is 0.312 e. The smallest absolute Gasteiger partial charge is 0.312 e. The van der Waals surface area contributed by atoms with Gasteiger partial charge in [0.05, 0.1) is 12.8 Å². The summed E-state index contributed by atoms with van der Waals surface area (Å²) in [6, 6.07) is 12.0. The third-order valence-corrected chi connectivity index (χ3v) is 4.49. The van der Waals surface area contributed by atoms with Gasteiger partial charge in [0, 0.05) is 17.3 Å². The standard InChI is InChI=1S/C22H25N3O5S/c1-22(2,3)14-7-5-13(6-8-14)20(29)25-21(31)23-15-9-10-16(17(11-15)30-4)24-18(26)12-19(27)28/h5-11H,12H2,1-4H3,(H,24,26)(H,27,28)(H2,23,25,29,31). The molecule has 0 aliphatic rings. The molecule has 0 saturated carbocycles. The molecule has 0 unspecified atom stereocenters. The minimum absolute atomic E-state index is 0.00975. The number of thiocarbonyl (C=S) groups is 1. The Labute approximate surface area is 186 Å². The second-order valence-electron chi connectivity index (χ2n) is 7.77. The molecular formula is C22H25N3O5S. The molecule has 9 heteroatoms. The van der Waals surface area contributed by atoms with Gasteiger partial charge in [0.15, 0.2) is 5.11 Å². The van der Waals surface area contributed by atoms with Crippen molar-refractivity contribution >= 4 is 46.5 Å². The lowest BCUT2D eigenvalue weighted by Crippen LogP contribution is -2.34. The van der Waals surface area contributed by atoms with Crippen LogP contribution in [0, 0.1) is 0 Å². The number of carboxylic acid groups (broad SMARTS) is 1. The number of hydrogen-bond donors (Lipinski definition) is 4. The molecule has 2 aromatic carbocycles. The SMILES string of the molecule is COc1cc(NC(=S)NC(=O)c2ccc(C(C)(C)C)cc2)ccc1NC(=O)CC(=O)O. The van der Waals surface area contributed by atoms with Crippen LogP contribution in [0.2, 0.25) is 0 Å². The molecule has 8 nitrogen and oxygen atoms in total. The van der Waals surface area contributed by atoms with Crippen LogP contribution in [0.15, 0.2) is 42.5 Å². The molecule has 0 spiro atoms. The van der Waals surface area contributed by atoms with E-state index >= 15 is 0 Å². The lowest BCUT2D eigenvalue weighted by Gasteiger charge is -2.19. The van der Waals surface area contributed by atoms with Crippen LogP contribution in [0.4, 0.5) is 11.4 Å². The molecule has 0 bridgehead atoms. The molecule has 2 rings (SSSR count). The highest BCUT2D eigenvalue weighted by molar-refractivity contribution is 7.80. The number of aliphatic carboxylic acids is 1. The summed E-state index contributed by atoms with van der Waals surface area (Å²) in [6.07, 6.45) is -0.657. The van der Waals surface area contributed by atoms with Crippen molar-refractivity contribution in [3.05, 3.63) is 53.6 Å². The summed E-state index contributed by atoms with van der Waals surface area (Å²) in [6.45, 7) is 6.29. The van der Waals surface area contributed by atoms with Gasteiger partial charge >= 0.3 is 5.97 Å². The molecule has 0 aliphatic carbocycles. The number of carbonyl (C=O) groups excluding carboxylic acids is 2. The number of hydrogen-bond acceptors (Lipinski definition) is 5. The number of carboxylic acids is 1. The van der Waals surface area contributed by atoms with E-state index < -0.39 is 18.3 Å². The van der Waals surface area contributed by atoms with Crippen molar-refractivity contribution < 1.29 is 24.2 Å². The van der Waals surface area contributed by atoms with E-state index in [0.717, 1.165) is 5.56 Å². The van der Waals surface area contributed by atoms with E-state index in [1.807, 2.05) is 12.1 Å². The fraction of sp³-hybridized carbons (Fsp3) is 0.273. The second-order valence-corrected chi connectivity index (χ2v) is 8.18. The zero-order valence-corrected chi connectivity index (χ0v) is 18.6. The number of rotatable bonds is 6.